The van der Waals surface area contributed by atoms with E-state index in [0.717, 1.165) is 31.1 Å². The number of amides is 1. The Balaban J connectivity index is 0.000000980. The minimum atomic E-state index is 0. The molecule has 2 rings (SSSR count). The second kappa shape index (κ2) is 5.24. The zero-order chi connectivity index (χ0) is 9.26. The molecule has 2 fully saturated rings. The first kappa shape index (κ1) is 12.1. The Morgan fingerprint density at radius 2 is 2.21 bits per heavy atom. The third-order valence-corrected chi connectivity index (χ3v) is 3.97. The monoisotopic (exact) mass is 236 g/mol. The zero-order valence-corrected chi connectivity index (χ0v) is 10.00. The summed E-state index contributed by atoms with van der Waals surface area (Å²) in [5.41, 5.74) is 0. The number of nitrogens with one attached hydrogen (secondary N) is 1. The number of halogens is 1. The molecule has 5 heteroatoms. The van der Waals surface area contributed by atoms with E-state index < -0.39 is 0 Å². The van der Waals surface area contributed by atoms with Gasteiger partial charge in [0.25, 0.3) is 0 Å². The standard InChI is InChI=1S/C9H16N2OS.ClH/c1-7-6-13-3-2-11(7)9(12)8-4-10-5-8;/h7-8,10H,2-6H2,1H3;1H. The Labute approximate surface area is 95.4 Å². The van der Waals surface area contributed by atoms with Crippen molar-refractivity contribution in [2.24, 2.45) is 5.92 Å². The summed E-state index contributed by atoms with van der Waals surface area (Å²) in [6.45, 7) is 4.86. The van der Waals surface area contributed by atoms with Crippen molar-refractivity contribution in [1.82, 2.24) is 10.2 Å². The van der Waals surface area contributed by atoms with Crippen LogP contribution in [0.3, 0.4) is 0 Å². The molecule has 1 N–H and O–H groups in total. The number of rotatable bonds is 1. The summed E-state index contributed by atoms with van der Waals surface area (Å²) in [5.74, 6) is 2.85. The molecule has 0 bridgehead atoms. The lowest BCUT2D eigenvalue weighted by molar-refractivity contribution is -0.138. The van der Waals surface area contributed by atoms with Gasteiger partial charge in [0.05, 0.1) is 5.92 Å². The molecule has 0 radical (unpaired) electrons. The average Bonchev–Trinajstić information content (AvgIpc) is 2.01. The Bertz CT molecular complexity index is 211. The molecule has 1 atom stereocenters. The van der Waals surface area contributed by atoms with Crippen molar-refractivity contribution in [2.45, 2.75) is 13.0 Å². The van der Waals surface area contributed by atoms with Gasteiger partial charge >= 0.3 is 0 Å². The molecule has 0 spiro atoms. The topological polar surface area (TPSA) is 32.3 Å². The van der Waals surface area contributed by atoms with Crippen LogP contribution in [0.15, 0.2) is 0 Å². The lowest BCUT2D eigenvalue weighted by Crippen LogP contribution is -2.55. The number of hydrogen-bond donors (Lipinski definition) is 1. The predicted octanol–water partition coefficient (Wildman–Crippen LogP) is 0.591. The van der Waals surface area contributed by atoms with Crippen LogP contribution >= 0.6 is 24.2 Å². The summed E-state index contributed by atoms with van der Waals surface area (Å²) in [4.78, 5) is 13.9. The van der Waals surface area contributed by atoms with Gasteiger partial charge in [-0.3, -0.25) is 4.79 Å². The molecule has 0 saturated carbocycles. The van der Waals surface area contributed by atoms with Crippen molar-refractivity contribution in [3.8, 4) is 0 Å². The molecule has 2 aliphatic heterocycles. The highest BCUT2D eigenvalue weighted by atomic mass is 35.5. The summed E-state index contributed by atoms with van der Waals surface area (Å²) in [7, 11) is 0. The van der Waals surface area contributed by atoms with Crippen LogP contribution < -0.4 is 5.32 Å². The largest absolute Gasteiger partial charge is 0.338 e. The van der Waals surface area contributed by atoms with Crippen LogP contribution in [-0.4, -0.2) is 48.0 Å². The number of carbonyl (C=O) groups is 1. The number of hydrogen-bond acceptors (Lipinski definition) is 3. The van der Waals surface area contributed by atoms with E-state index in [4.69, 9.17) is 0 Å². The molecule has 14 heavy (non-hydrogen) atoms. The smallest absolute Gasteiger partial charge is 0.228 e. The molecule has 2 aliphatic rings. The van der Waals surface area contributed by atoms with E-state index in [2.05, 4.69) is 17.1 Å². The fraction of sp³-hybridized carbons (Fsp3) is 0.889. The van der Waals surface area contributed by atoms with Crippen molar-refractivity contribution in [1.29, 1.82) is 0 Å². The van der Waals surface area contributed by atoms with Crippen molar-refractivity contribution >= 4 is 30.1 Å². The molecule has 2 saturated heterocycles. The number of nitrogens with zero attached hydrogens (tertiary/aromatic N) is 1. The molecule has 0 aromatic rings. The van der Waals surface area contributed by atoms with Gasteiger partial charge in [-0.1, -0.05) is 0 Å². The lowest BCUT2D eigenvalue weighted by Gasteiger charge is -2.38. The first-order chi connectivity index (χ1) is 6.29. The molecule has 1 amide bonds. The molecule has 1 unspecified atom stereocenters. The van der Waals surface area contributed by atoms with Gasteiger partial charge in [-0.15, -0.1) is 12.4 Å². The maximum atomic E-state index is 11.9. The van der Waals surface area contributed by atoms with E-state index >= 15 is 0 Å². The van der Waals surface area contributed by atoms with Gasteiger partial charge in [-0.05, 0) is 6.92 Å². The lowest BCUT2D eigenvalue weighted by atomic mass is 10.0. The molecule has 3 nitrogen and oxygen atoms in total. The number of carbonyl (C=O) groups excluding carboxylic acids is 1. The molecule has 0 aromatic heterocycles. The van der Waals surface area contributed by atoms with Crippen molar-refractivity contribution in [3.05, 3.63) is 0 Å². The Morgan fingerprint density at radius 1 is 1.50 bits per heavy atom. The van der Waals surface area contributed by atoms with Crippen LogP contribution in [0.25, 0.3) is 0 Å². The van der Waals surface area contributed by atoms with Crippen LogP contribution in [0.2, 0.25) is 0 Å². The summed E-state index contributed by atoms with van der Waals surface area (Å²) >= 11 is 1.95. The summed E-state index contributed by atoms with van der Waals surface area (Å²) in [6.07, 6.45) is 0. The van der Waals surface area contributed by atoms with Gasteiger partial charge in [0, 0.05) is 37.2 Å². The maximum absolute atomic E-state index is 11.9. The molecule has 0 aromatic carbocycles. The van der Waals surface area contributed by atoms with E-state index in [9.17, 15) is 4.79 Å². The highest BCUT2D eigenvalue weighted by Gasteiger charge is 2.32. The van der Waals surface area contributed by atoms with Gasteiger partial charge in [0.15, 0.2) is 0 Å². The zero-order valence-electron chi connectivity index (χ0n) is 8.36. The summed E-state index contributed by atoms with van der Waals surface area (Å²) in [5, 5.41) is 3.14. The molecule has 2 heterocycles. The van der Waals surface area contributed by atoms with Gasteiger partial charge in [0.1, 0.15) is 0 Å². The minimum absolute atomic E-state index is 0. The summed E-state index contributed by atoms with van der Waals surface area (Å²) in [6, 6.07) is 0.437. The van der Waals surface area contributed by atoms with E-state index in [1.54, 1.807) is 0 Å². The minimum Gasteiger partial charge on any atom is -0.338 e. The van der Waals surface area contributed by atoms with Crippen molar-refractivity contribution in [2.75, 3.05) is 31.1 Å². The van der Waals surface area contributed by atoms with E-state index in [0.29, 0.717) is 11.9 Å². The summed E-state index contributed by atoms with van der Waals surface area (Å²) < 4.78 is 0. The molecule has 82 valence electrons. The Hall–Kier alpha value is 0.0700. The second-order valence-electron chi connectivity index (χ2n) is 3.81. The van der Waals surface area contributed by atoms with Crippen LogP contribution in [0.1, 0.15) is 6.92 Å². The fourth-order valence-corrected chi connectivity index (χ4v) is 2.77. The van der Waals surface area contributed by atoms with E-state index in [1.807, 2.05) is 11.8 Å². The average molecular weight is 237 g/mol. The quantitative estimate of drug-likeness (QED) is 0.724. The molecular weight excluding hydrogens is 220 g/mol. The maximum Gasteiger partial charge on any atom is 0.228 e. The molecular formula is C9H17ClN2OS. The van der Waals surface area contributed by atoms with Gasteiger partial charge < -0.3 is 10.2 Å². The Morgan fingerprint density at radius 3 is 2.71 bits per heavy atom. The van der Waals surface area contributed by atoms with Gasteiger partial charge in [-0.25, -0.2) is 0 Å². The third kappa shape index (κ3) is 2.35. The SMILES string of the molecule is CC1CSCCN1C(=O)C1CNC1.Cl. The van der Waals surface area contributed by atoms with Gasteiger partial charge in [-0.2, -0.15) is 11.8 Å². The van der Waals surface area contributed by atoms with E-state index in [-0.39, 0.29) is 18.3 Å². The van der Waals surface area contributed by atoms with E-state index in [1.165, 1.54) is 0 Å². The normalized spacial score (nSPS) is 27.8. The fourth-order valence-electron chi connectivity index (χ4n) is 1.75. The second-order valence-corrected chi connectivity index (χ2v) is 4.96. The third-order valence-electron chi connectivity index (χ3n) is 2.78. The Kier molecular flexibility index (Phi) is 4.54. The number of thioether (sulfide) groups is 1. The van der Waals surface area contributed by atoms with Crippen LogP contribution in [0, 0.1) is 5.92 Å². The van der Waals surface area contributed by atoms with Crippen molar-refractivity contribution in [3.63, 3.8) is 0 Å². The van der Waals surface area contributed by atoms with Crippen LogP contribution in [0.5, 0.6) is 0 Å². The first-order valence-corrected chi connectivity index (χ1v) is 6.03. The van der Waals surface area contributed by atoms with Gasteiger partial charge in [0.2, 0.25) is 5.91 Å². The molecule has 0 aliphatic carbocycles. The van der Waals surface area contributed by atoms with Crippen LogP contribution in [0.4, 0.5) is 0 Å². The predicted molar refractivity (Wildman–Crippen MR) is 62.1 cm³/mol. The van der Waals surface area contributed by atoms with Crippen molar-refractivity contribution < 1.29 is 4.79 Å². The first-order valence-electron chi connectivity index (χ1n) is 4.88. The highest BCUT2D eigenvalue weighted by Crippen LogP contribution is 2.19. The highest BCUT2D eigenvalue weighted by molar-refractivity contribution is 7.99. The van der Waals surface area contributed by atoms with Crippen LogP contribution in [-0.2, 0) is 4.79 Å².